The standard InChI is InChI=1S/C20H32N4O2/c1-5-22-20(23-14-17-10-15(2)11-18(12-17)26-4)24-8-6-16(7-9-24)13-19(25)21-3/h10-12,16H,5-9,13-14H2,1-4H3,(H,21,25)(H,22,23). The number of aryl methyl sites for hydroxylation is 1. The van der Waals surface area contributed by atoms with Crippen LogP contribution in [-0.2, 0) is 11.3 Å². The lowest BCUT2D eigenvalue weighted by molar-refractivity contribution is -0.121. The highest BCUT2D eigenvalue weighted by Gasteiger charge is 2.23. The summed E-state index contributed by atoms with van der Waals surface area (Å²) in [6.45, 7) is 7.49. The van der Waals surface area contributed by atoms with Gasteiger partial charge in [0, 0.05) is 33.1 Å². The minimum absolute atomic E-state index is 0.136. The minimum Gasteiger partial charge on any atom is -0.497 e. The minimum atomic E-state index is 0.136. The number of nitrogens with zero attached hydrogens (tertiary/aromatic N) is 2. The fraction of sp³-hybridized carbons (Fsp3) is 0.600. The lowest BCUT2D eigenvalue weighted by Crippen LogP contribution is -2.46. The number of amides is 1. The van der Waals surface area contributed by atoms with Gasteiger partial charge in [-0.2, -0.15) is 0 Å². The van der Waals surface area contributed by atoms with Crippen molar-refractivity contribution in [1.82, 2.24) is 15.5 Å². The normalized spacial score (nSPS) is 15.7. The average Bonchev–Trinajstić information content (AvgIpc) is 2.65. The van der Waals surface area contributed by atoms with Crippen LogP contribution < -0.4 is 15.4 Å². The van der Waals surface area contributed by atoms with E-state index in [0.717, 1.165) is 49.7 Å². The lowest BCUT2D eigenvalue weighted by atomic mass is 9.93. The number of rotatable bonds is 6. The van der Waals surface area contributed by atoms with Crippen molar-refractivity contribution in [2.24, 2.45) is 10.9 Å². The van der Waals surface area contributed by atoms with Gasteiger partial charge in [-0.15, -0.1) is 0 Å². The number of methoxy groups -OCH3 is 1. The zero-order valence-electron chi connectivity index (χ0n) is 16.5. The van der Waals surface area contributed by atoms with Crippen molar-refractivity contribution < 1.29 is 9.53 Å². The number of hydrogen-bond donors (Lipinski definition) is 2. The first-order chi connectivity index (χ1) is 12.5. The quantitative estimate of drug-likeness (QED) is 0.604. The average molecular weight is 361 g/mol. The molecule has 0 spiro atoms. The van der Waals surface area contributed by atoms with Gasteiger partial charge in [-0.3, -0.25) is 4.79 Å². The molecule has 0 unspecified atom stereocenters. The topological polar surface area (TPSA) is 66.0 Å². The molecule has 0 aromatic heterocycles. The maximum Gasteiger partial charge on any atom is 0.220 e. The fourth-order valence-electron chi connectivity index (χ4n) is 3.34. The van der Waals surface area contributed by atoms with E-state index >= 15 is 0 Å². The van der Waals surface area contributed by atoms with Gasteiger partial charge in [-0.1, -0.05) is 6.07 Å². The Hall–Kier alpha value is -2.24. The van der Waals surface area contributed by atoms with Gasteiger partial charge < -0.3 is 20.3 Å². The second-order valence-corrected chi connectivity index (χ2v) is 6.84. The van der Waals surface area contributed by atoms with Crippen LogP contribution in [0.25, 0.3) is 0 Å². The molecule has 1 heterocycles. The van der Waals surface area contributed by atoms with E-state index in [0.29, 0.717) is 18.9 Å². The molecule has 0 atom stereocenters. The zero-order valence-corrected chi connectivity index (χ0v) is 16.5. The molecule has 26 heavy (non-hydrogen) atoms. The molecule has 6 heteroatoms. The van der Waals surface area contributed by atoms with Crippen molar-refractivity contribution in [1.29, 1.82) is 0 Å². The van der Waals surface area contributed by atoms with Gasteiger partial charge in [0.1, 0.15) is 5.75 Å². The summed E-state index contributed by atoms with van der Waals surface area (Å²) in [5.74, 6) is 2.43. The summed E-state index contributed by atoms with van der Waals surface area (Å²) >= 11 is 0. The van der Waals surface area contributed by atoms with Crippen molar-refractivity contribution in [2.45, 2.75) is 39.7 Å². The second-order valence-electron chi connectivity index (χ2n) is 6.84. The third kappa shape index (κ3) is 5.93. The van der Waals surface area contributed by atoms with Crippen LogP contribution in [0.15, 0.2) is 23.2 Å². The van der Waals surface area contributed by atoms with Crippen molar-refractivity contribution in [3.63, 3.8) is 0 Å². The third-order valence-electron chi connectivity index (χ3n) is 4.76. The Balaban J connectivity index is 1.99. The number of piperidine rings is 1. The molecule has 0 aliphatic carbocycles. The summed E-state index contributed by atoms with van der Waals surface area (Å²) in [4.78, 5) is 18.7. The van der Waals surface area contributed by atoms with E-state index < -0.39 is 0 Å². The highest BCUT2D eigenvalue weighted by atomic mass is 16.5. The molecule has 6 nitrogen and oxygen atoms in total. The lowest BCUT2D eigenvalue weighted by Gasteiger charge is -2.34. The number of guanidine groups is 1. The summed E-state index contributed by atoms with van der Waals surface area (Å²) < 4.78 is 5.35. The SMILES string of the molecule is CCNC(=NCc1cc(C)cc(OC)c1)N1CCC(CC(=O)NC)CC1. The maximum absolute atomic E-state index is 11.6. The second kappa shape index (κ2) is 10.0. The zero-order chi connectivity index (χ0) is 18.9. The van der Waals surface area contributed by atoms with E-state index in [1.165, 1.54) is 5.56 Å². The molecule has 1 aromatic carbocycles. The Bertz CT molecular complexity index is 622. The predicted octanol–water partition coefficient (Wildman–Crippen LogP) is 2.32. The van der Waals surface area contributed by atoms with E-state index in [2.05, 4.69) is 35.4 Å². The number of hydrogen-bond acceptors (Lipinski definition) is 3. The van der Waals surface area contributed by atoms with Crippen molar-refractivity contribution in [2.75, 3.05) is 33.8 Å². The summed E-state index contributed by atoms with van der Waals surface area (Å²) in [6, 6.07) is 6.20. The van der Waals surface area contributed by atoms with Gasteiger partial charge in [-0.05, 0) is 55.9 Å². The molecular weight excluding hydrogens is 328 g/mol. The van der Waals surface area contributed by atoms with E-state index in [4.69, 9.17) is 9.73 Å². The summed E-state index contributed by atoms with van der Waals surface area (Å²) in [5.41, 5.74) is 2.32. The predicted molar refractivity (Wildman–Crippen MR) is 106 cm³/mol. The van der Waals surface area contributed by atoms with E-state index in [-0.39, 0.29) is 5.91 Å². The molecule has 1 saturated heterocycles. The summed E-state index contributed by atoms with van der Waals surface area (Å²) in [6.07, 6.45) is 2.67. The largest absolute Gasteiger partial charge is 0.497 e. The van der Waals surface area contributed by atoms with Gasteiger partial charge in [0.15, 0.2) is 5.96 Å². The van der Waals surface area contributed by atoms with Crippen LogP contribution in [0.1, 0.15) is 37.3 Å². The molecular formula is C20H32N4O2. The number of nitrogens with one attached hydrogen (secondary N) is 2. The molecule has 1 aliphatic rings. The number of benzene rings is 1. The van der Waals surface area contributed by atoms with Crippen molar-refractivity contribution in [3.8, 4) is 5.75 Å². The smallest absolute Gasteiger partial charge is 0.220 e. The van der Waals surface area contributed by atoms with Crippen LogP contribution >= 0.6 is 0 Å². The summed E-state index contributed by atoms with van der Waals surface area (Å²) in [5, 5.41) is 6.12. The first-order valence-corrected chi connectivity index (χ1v) is 9.44. The Labute approximate surface area is 157 Å². The molecule has 2 rings (SSSR count). The third-order valence-corrected chi connectivity index (χ3v) is 4.76. The molecule has 0 radical (unpaired) electrons. The van der Waals surface area contributed by atoms with Gasteiger partial charge in [-0.25, -0.2) is 4.99 Å². The molecule has 1 aromatic rings. The molecule has 1 fully saturated rings. The van der Waals surface area contributed by atoms with Crippen LogP contribution in [0.3, 0.4) is 0 Å². The highest BCUT2D eigenvalue weighted by Crippen LogP contribution is 2.21. The number of aliphatic imine (C=N–C) groups is 1. The Morgan fingerprint density at radius 1 is 1.31 bits per heavy atom. The molecule has 2 N–H and O–H groups in total. The monoisotopic (exact) mass is 360 g/mol. The van der Waals surface area contributed by atoms with Crippen LogP contribution in [0.2, 0.25) is 0 Å². The molecule has 144 valence electrons. The molecule has 0 bridgehead atoms. The summed E-state index contributed by atoms with van der Waals surface area (Å²) in [7, 11) is 3.39. The Morgan fingerprint density at radius 2 is 2.04 bits per heavy atom. The van der Waals surface area contributed by atoms with Gasteiger partial charge in [0.05, 0.1) is 13.7 Å². The Morgan fingerprint density at radius 3 is 2.65 bits per heavy atom. The number of carbonyl (C=O) groups excluding carboxylic acids is 1. The van der Waals surface area contributed by atoms with Crippen LogP contribution in [0, 0.1) is 12.8 Å². The van der Waals surface area contributed by atoms with E-state index in [1.54, 1.807) is 14.2 Å². The van der Waals surface area contributed by atoms with Gasteiger partial charge in [0.2, 0.25) is 5.91 Å². The number of likely N-dealkylation sites (tertiary alicyclic amines) is 1. The Kier molecular flexibility index (Phi) is 7.75. The first kappa shape index (κ1) is 20.1. The van der Waals surface area contributed by atoms with Gasteiger partial charge >= 0.3 is 0 Å². The first-order valence-electron chi connectivity index (χ1n) is 9.44. The van der Waals surface area contributed by atoms with Gasteiger partial charge in [0.25, 0.3) is 0 Å². The van der Waals surface area contributed by atoms with Crippen LogP contribution in [0.4, 0.5) is 0 Å². The maximum atomic E-state index is 11.6. The number of ether oxygens (including phenoxy) is 1. The molecule has 0 saturated carbocycles. The van der Waals surface area contributed by atoms with E-state index in [1.807, 2.05) is 12.1 Å². The fourth-order valence-corrected chi connectivity index (χ4v) is 3.34. The number of carbonyl (C=O) groups is 1. The van der Waals surface area contributed by atoms with Crippen LogP contribution in [-0.4, -0.2) is 50.6 Å². The van der Waals surface area contributed by atoms with Crippen molar-refractivity contribution in [3.05, 3.63) is 29.3 Å². The highest BCUT2D eigenvalue weighted by molar-refractivity contribution is 5.80. The van der Waals surface area contributed by atoms with Crippen molar-refractivity contribution >= 4 is 11.9 Å². The molecule has 1 amide bonds. The molecule has 1 aliphatic heterocycles. The van der Waals surface area contributed by atoms with E-state index in [9.17, 15) is 4.79 Å². The van der Waals surface area contributed by atoms with Crippen LogP contribution in [0.5, 0.6) is 5.75 Å².